The molecule has 1 N–H and O–H groups in total. The zero-order chi connectivity index (χ0) is 19.4. The second kappa shape index (κ2) is 8.57. The SMILES string of the molecule is CCOC(=O)c1c(NC(=O)Cc2ccc(OC)cc2)sc2c1CC[C@H](C)C2. The Morgan fingerprint density at radius 2 is 2.00 bits per heavy atom. The van der Waals surface area contributed by atoms with Crippen molar-refractivity contribution >= 4 is 28.2 Å². The van der Waals surface area contributed by atoms with Crippen molar-refractivity contribution in [1.82, 2.24) is 0 Å². The zero-order valence-corrected chi connectivity index (χ0v) is 16.8. The van der Waals surface area contributed by atoms with Crippen molar-refractivity contribution in [3.05, 3.63) is 45.8 Å². The van der Waals surface area contributed by atoms with Gasteiger partial charge in [0.2, 0.25) is 5.91 Å². The van der Waals surface area contributed by atoms with Crippen molar-refractivity contribution in [2.75, 3.05) is 19.0 Å². The monoisotopic (exact) mass is 387 g/mol. The molecule has 1 aromatic heterocycles. The maximum Gasteiger partial charge on any atom is 0.341 e. The number of hydrogen-bond acceptors (Lipinski definition) is 5. The Morgan fingerprint density at radius 1 is 1.26 bits per heavy atom. The van der Waals surface area contributed by atoms with Gasteiger partial charge in [-0.25, -0.2) is 4.79 Å². The summed E-state index contributed by atoms with van der Waals surface area (Å²) in [7, 11) is 1.61. The molecule has 0 saturated heterocycles. The number of amides is 1. The third kappa shape index (κ3) is 4.50. The van der Waals surface area contributed by atoms with E-state index in [9.17, 15) is 9.59 Å². The first kappa shape index (κ1) is 19.4. The summed E-state index contributed by atoms with van der Waals surface area (Å²) in [5.41, 5.74) is 2.49. The minimum atomic E-state index is -0.343. The van der Waals surface area contributed by atoms with E-state index >= 15 is 0 Å². The number of hydrogen-bond donors (Lipinski definition) is 1. The van der Waals surface area contributed by atoms with Crippen LogP contribution in [0.15, 0.2) is 24.3 Å². The van der Waals surface area contributed by atoms with Gasteiger partial charge in [0.1, 0.15) is 10.8 Å². The zero-order valence-electron chi connectivity index (χ0n) is 16.0. The number of esters is 1. The molecule has 6 heteroatoms. The highest BCUT2D eigenvalue weighted by molar-refractivity contribution is 7.17. The Morgan fingerprint density at radius 3 is 2.67 bits per heavy atom. The summed E-state index contributed by atoms with van der Waals surface area (Å²) < 4.78 is 10.4. The summed E-state index contributed by atoms with van der Waals surface area (Å²) in [6.45, 7) is 4.33. The van der Waals surface area contributed by atoms with Crippen LogP contribution in [0.25, 0.3) is 0 Å². The largest absolute Gasteiger partial charge is 0.497 e. The van der Waals surface area contributed by atoms with Crippen LogP contribution in [-0.4, -0.2) is 25.6 Å². The lowest BCUT2D eigenvalue weighted by atomic mass is 9.88. The van der Waals surface area contributed by atoms with Gasteiger partial charge >= 0.3 is 5.97 Å². The van der Waals surface area contributed by atoms with Crippen molar-refractivity contribution in [3.63, 3.8) is 0 Å². The van der Waals surface area contributed by atoms with Gasteiger partial charge in [0.25, 0.3) is 0 Å². The van der Waals surface area contributed by atoms with Crippen LogP contribution in [0.5, 0.6) is 5.75 Å². The van der Waals surface area contributed by atoms with Crippen molar-refractivity contribution in [3.8, 4) is 5.75 Å². The molecule has 1 heterocycles. The lowest BCUT2D eigenvalue weighted by Gasteiger charge is -2.18. The summed E-state index contributed by atoms with van der Waals surface area (Å²) >= 11 is 1.51. The van der Waals surface area contributed by atoms with Gasteiger partial charge in [0.15, 0.2) is 0 Å². The Balaban J connectivity index is 1.80. The lowest BCUT2D eigenvalue weighted by Crippen LogP contribution is -2.17. The van der Waals surface area contributed by atoms with Gasteiger partial charge in [0.05, 0.1) is 25.7 Å². The van der Waals surface area contributed by atoms with E-state index in [0.717, 1.165) is 36.1 Å². The topological polar surface area (TPSA) is 64.6 Å². The second-order valence-electron chi connectivity index (χ2n) is 6.85. The van der Waals surface area contributed by atoms with Gasteiger partial charge in [-0.15, -0.1) is 11.3 Å². The molecule has 1 atom stereocenters. The number of methoxy groups -OCH3 is 1. The molecule has 1 aliphatic rings. The molecule has 2 aromatic rings. The highest BCUT2D eigenvalue weighted by Gasteiger charge is 2.29. The molecule has 0 unspecified atom stereocenters. The van der Waals surface area contributed by atoms with Crippen molar-refractivity contribution < 1.29 is 19.1 Å². The maximum atomic E-state index is 12.6. The summed E-state index contributed by atoms with van der Waals surface area (Å²) in [6, 6.07) is 7.40. The number of fused-ring (bicyclic) bond motifs is 1. The third-order valence-electron chi connectivity index (χ3n) is 4.77. The smallest absolute Gasteiger partial charge is 0.341 e. The Labute approximate surface area is 163 Å². The standard InChI is InChI=1S/C21H25NO4S/c1-4-26-21(24)19-16-10-5-13(2)11-17(16)27-20(19)22-18(23)12-14-6-8-15(25-3)9-7-14/h6-9,13H,4-5,10-12H2,1-3H3,(H,22,23)/t13-/m0/s1. The normalized spacial score (nSPS) is 15.7. The molecule has 1 aromatic carbocycles. The molecule has 27 heavy (non-hydrogen) atoms. The van der Waals surface area contributed by atoms with Crippen molar-refractivity contribution in [2.45, 2.75) is 39.5 Å². The second-order valence-corrected chi connectivity index (χ2v) is 7.95. The number of nitrogens with one attached hydrogen (secondary N) is 1. The first-order chi connectivity index (χ1) is 13.0. The average Bonchev–Trinajstić information content (AvgIpc) is 2.99. The van der Waals surface area contributed by atoms with E-state index in [4.69, 9.17) is 9.47 Å². The predicted octanol–water partition coefficient (Wildman–Crippen LogP) is 4.24. The third-order valence-corrected chi connectivity index (χ3v) is 5.94. The average molecular weight is 388 g/mol. The van der Waals surface area contributed by atoms with Gasteiger partial charge in [0, 0.05) is 4.88 Å². The highest BCUT2D eigenvalue weighted by atomic mass is 32.1. The van der Waals surface area contributed by atoms with Crippen LogP contribution in [0.1, 0.15) is 46.6 Å². The van der Waals surface area contributed by atoms with E-state index in [2.05, 4.69) is 12.2 Å². The van der Waals surface area contributed by atoms with Gasteiger partial charge in [-0.1, -0.05) is 19.1 Å². The lowest BCUT2D eigenvalue weighted by molar-refractivity contribution is -0.115. The minimum absolute atomic E-state index is 0.141. The fourth-order valence-corrected chi connectivity index (χ4v) is 4.77. The molecule has 0 bridgehead atoms. The van der Waals surface area contributed by atoms with E-state index in [1.54, 1.807) is 14.0 Å². The first-order valence-electron chi connectivity index (χ1n) is 9.26. The number of carbonyl (C=O) groups is 2. The Kier molecular flexibility index (Phi) is 6.16. The number of thiophene rings is 1. The number of anilines is 1. The molecule has 0 aliphatic heterocycles. The van der Waals surface area contributed by atoms with E-state index in [0.29, 0.717) is 23.1 Å². The van der Waals surface area contributed by atoms with Crippen LogP contribution < -0.4 is 10.1 Å². The molecule has 1 aliphatic carbocycles. The number of benzene rings is 1. The molecule has 0 spiro atoms. The summed E-state index contributed by atoms with van der Waals surface area (Å²) in [5, 5.41) is 3.56. The number of rotatable bonds is 6. The van der Waals surface area contributed by atoms with Crippen LogP contribution in [0.4, 0.5) is 5.00 Å². The quantitative estimate of drug-likeness (QED) is 0.753. The van der Waals surface area contributed by atoms with Crippen molar-refractivity contribution in [2.24, 2.45) is 5.92 Å². The highest BCUT2D eigenvalue weighted by Crippen LogP contribution is 2.40. The van der Waals surface area contributed by atoms with E-state index in [1.807, 2.05) is 24.3 Å². The summed E-state index contributed by atoms with van der Waals surface area (Å²) in [5.74, 6) is 0.861. The van der Waals surface area contributed by atoms with Gasteiger partial charge in [-0.2, -0.15) is 0 Å². The Hall–Kier alpha value is -2.34. The van der Waals surface area contributed by atoms with Crippen LogP contribution in [-0.2, 0) is 28.8 Å². The van der Waals surface area contributed by atoms with E-state index < -0.39 is 0 Å². The number of ether oxygens (including phenoxy) is 2. The summed E-state index contributed by atoms with van der Waals surface area (Å²) in [6.07, 6.45) is 3.09. The van der Waals surface area contributed by atoms with Crippen LogP contribution in [0.2, 0.25) is 0 Å². The molecule has 5 nitrogen and oxygen atoms in total. The molecule has 1 amide bonds. The van der Waals surface area contributed by atoms with Crippen LogP contribution in [0.3, 0.4) is 0 Å². The Bertz CT molecular complexity index is 825. The minimum Gasteiger partial charge on any atom is -0.497 e. The van der Waals surface area contributed by atoms with Gasteiger partial charge in [-0.3, -0.25) is 4.79 Å². The van der Waals surface area contributed by atoms with E-state index in [1.165, 1.54) is 16.2 Å². The molecule has 3 rings (SSSR count). The molecular formula is C21H25NO4S. The first-order valence-corrected chi connectivity index (χ1v) is 10.1. The van der Waals surface area contributed by atoms with Gasteiger partial charge in [-0.05, 0) is 55.4 Å². The maximum absolute atomic E-state index is 12.6. The van der Waals surface area contributed by atoms with Crippen LogP contribution in [0, 0.1) is 5.92 Å². The molecule has 144 valence electrons. The molecular weight excluding hydrogens is 362 g/mol. The van der Waals surface area contributed by atoms with Crippen LogP contribution >= 0.6 is 11.3 Å². The van der Waals surface area contributed by atoms with E-state index in [-0.39, 0.29) is 18.3 Å². The molecule has 0 fully saturated rings. The molecule has 0 radical (unpaired) electrons. The fourth-order valence-electron chi connectivity index (χ4n) is 3.36. The molecule has 0 saturated carbocycles. The summed E-state index contributed by atoms with van der Waals surface area (Å²) in [4.78, 5) is 26.3. The predicted molar refractivity (Wildman–Crippen MR) is 107 cm³/mol. The fraction of sp³-hybridized carbons (Fsp3) is 0.429. The van der Waals surface area contributed by atoms with Crippen molar-refractivity contribution in [1.29, 1.82) is 0 Å². The number of carbonyl (C=O) groups excluding carboxylic acids is 2. The van der Waals surface area contributed by atoms with Gasteiger partial charge < -0.3 is 14.8 Å².